The number of benzene rings is 1. The van der Waals surface area contributed by atoms with Crippen LogP contribution in [0.1, 0.15) is 43.6 Å². The van der Waals surface area contributed by atoms with Crippen LogP contribution in [0.2, 0.25) is 5.02 Å². The first-order valence-corrected chi connectivity index (χ1v) is 7.69. The highest BCUT2D eigenvalue weighted by atomic mass is 35.5. The van der Waals surface area contributed by atoms with Crippen LogP contribution in [0.25, 0.3) is 0 Å². The van der Waals surface area contributed by atoms with Crippen molar-refractivity contribution in [3.8, 4) is 0 Å². The summed E-state index contributed by atoms with van der Waals surface area (Å²) in [6, 6.07) is 1.74. The molecular formula is C16H18ClFN2O3. The molecule has 5 nitrogen and oxygen atoms in total. The molecular weight excluding hydrogens is 323 g/mol. The van der Waals surface area contributed by atoms with Gasteiger partial charge in [-0.05, 0) is 39.8 Å². The van der Waals surface area contributed by atoms with Crippen molar-refractivity contribution >= 4 is 29.3 Å². The molecule has 0 fully saturated rings. The highest BCUT2D eigenvalue weighted by molar-refractivity contribution is 6.39. The average molecular weight is 341 g/mol. The Hall–Kier alpha value is -1.95. The lowest BCUT2D eigenvalue weighted by Gasteiger charge is -2.31. The molecule has 1 aromatic carbocycles. The molecule has 0 aliphatic carbocycles. The molecule has 0 aromatic heterocycles. The van der Waals surface area contributed by atoms with Gasteiger partial charge in [0.1, 0.15) is 5.82 Å². The van der Waals surface area contributed by atoms with Crippen LogP contribution in [0.4, 0.5) is 4.39 Å². The maximum absolute atomic E-state index is 13.4. The lowest BCUT2D eigenvalue weighted by atomic mass is 10.1. The van der Waals surface area contributed by atoms with Gasteiger partial charge in [-0.2, -0.15) is 0 Å². The topological polar surface area (TPSA) is 57.7 Å². The Balaban J connectivity index is 2.31. The standard InChI is InChI=1S/C16H18ClFN2O3/c1-8(2)20(9(3)4)16(23)15(22)19-7-12-11(14(19)21)5-10(18)6-13(12)17/h5-6,8-9H,7H2,1-4H3. The number of rotatable bonds is 2. The first-order chi connectivity index (χ1) is 10.6. The van der Waals surface area contributed by atoms with E-state index in [-0.39, 0.29) is 29.2 Å². The Bertz CT molecular complexity index is 680. The van der Waals surface area contributed by atoms with Crippen LogP contribution in [0.5, 0.6) is 0 Å². The number of hydrogen-bond acceptors (Lipinski definition) is 3. The fraction of sp³-hybridized carbons (Fsp3) is 0.438. The summed E-state index contributed by atoms with van der Waals surface area (Å²) in [4.78, 5) is 39.4. The molecule has 0 saturated carbocycles. The zero-order valence-electron chi connectivity index (χ0n) is 13.4. The molecule has 2 rings (SSSR count). The van der Waals surface area contributed by atoms with E-state index < -0.39 is 23.5 Å². The summed E-state index contributed by atoms with van der Waals surface area (Å²) in [6.07, 6.45) is 0. The third kappa shape index (κ3) is 3.08. The van der Waals surface area contributed by atoms with Crippen molar-refractivity contribution in [3.05, 3.63) is 34.1 Å². The lowest BCUT2D eigenvalue weighted by molar-refractivity contribution is -0.152. The normalized spacial score (nSPS) is 13.7. The van der Waals surface area contributed by atoms with E-state index >= 15 is 0 Å². The Morgan fingerprint density at radius 1 is 1.22 bits per heavy atom. The number of carbonyl (C=O) groups is 3. The second-order valence-corrected chi connectivity index (χ2v) is 6.42. The Morgan fingerprint density at radius 3 is 2.30 bits per heavy atom. The smallest absolute Gasteiger partial charge is 0.319 e. The van der Waals surface area contributed by atoms with E-state index in [0.29, 0.717) is 5.56 Å². The molecule has 1 heterocycles. The number of fused-ring (bicyclic) bond motifs is 1. The second-order valence-electron chi connectivity index (χ2n) is 6.01. The summed E-state index contributed by atoms with van der Waals surface area (Å²) in [5.74, 6) is -3.04. The molecule has 0 saturated heterocycles. The summed E-state index contributed by atoms with van der Waals surface area (Å²) < 4.78 is 13.4. The van der Waals surface area contributed by atoms with E-state index in [2.05, 4.69) is 0 Å². The van der Waals surface area contributed by atoms with Gasteiger partial charge in [0.15, 0.2) is 0 Å². The van der Waals surface area contributed by atoms with Gasteiger partial charge in [-0.3, -0.25) is 19.3 Å². The minimum atomic E-state index is -0.926. The number of nitrogens with zero attached hydrogens (tertiary/aromatic N) is 2. The molecule has 0 unspecified atom stereocenters. The molecule has 0 radical (unpaired) electrons. The Labute approximate surface area is 139 Å². The van der Waals surface area contributed by atoms with Gasteiger partial charge in [0, 0.05) is 28.2 Å². The van der Waals surface area contributed by atoms with Gasteiger partial charge in [0.05, 0.1) is 6.54 Å². The number of halogens is 2. The van der Waals surface area contributed by atoms with Crippen molar-refractivity contribution in [2.45, 2.75) is 46.3 Å². The van der Waals surface area contributed by atoms with E-state index in [1.807, 2.05) is 0 Å². The quantitative estimate of drug-likeness (QED) is 0.778. The predicted octanol–water partition coefficient (Wildman–Crippen LogP) is 2.61. The van der Waals surface area contributed by atoms with Gasteiger partial charge in [-0.15, -0.1) is 0 Å². The van der Waals surface area contributed by atoms with Crippen LogP contribution in [0, 0.1) is 5.82 Å². The van der Waals surface area contributed by atoms with Crippen LogP contribution in [0.15, 0.2) is 12.1 Å². The Kier molecular flexibility index (Phi) is 4.75. The SMILES string of the molecule is CC(C)N(C(=O)C(=O)N1Cc2c(Cl)cc(F)cc2C1=O)C(C)C. The Morgan fingerprint density at radius 2 is 1.78 bits per heavy atom. The molecule has 0 spiro atoms. The van der Waals surface area contributed by atoms with Crippen molar-refractivity contribution in [2.75, 3.05) is 0 Å². The minimum absolute atomic E-state index is 0.0248. The van der Waals surface area contributed by atoms with Crippen LogP contribution < -0.4 is 0 Å². The van der Waals surface area contributed by atoms with Gasteiger partial charge < -0.3 is 4.90 Å². The van der Waals surface area contributed by atoms with Crippen LogP contribution >= 0.6 is 11.6 Å². The van der Waals surface area contributed by atoms with E-state index in [1.54, 1.807) is 27.7 Å². The fourth-order valence-electron chi connectivity index (χ4n) is 2.79. The van der Waals surface area contributed by atoms with Gasteiger partial charge in [0.2, 0.25) is 0 Å². The zero-order chi connectivity index (χ0) is 17.5. The monoisotopic (exact) mass is 340 g/mol. The van der Waals surface area contributed by atoms with Crippen LogP contribution in [0.3, 0.4) is 0 Å². The van der Waals surface area contributed by atoms with Crippen molar-refractivity contribution < 1.29 is 18.8 Å². The molecule has 7 heteroatoms. The molecule has 1 aliphatic rings. The fourth-order valence-corrected chi connectivity index (χ4v) is 3.05. The van der Waals surface area contributed by atoms with Gasteiger partial charge in [0.25, 0.3) is 5.91 Å². The molecule has 0 atom stereocenters. The average Bonchev–Trinajstić information content (AvgIpc) is 2.75. The number of amides is 3. The minimum Gasteiger partial charge on any atom is -0.330 e. The third-order valence-electron chi connectivity index (χ3n) is 3.73. The van der Waals surface area contributed by atoms with Crippen LogP contribution in [-0.2, 0) is 16.1 Å². The lowest BCUT2D eigenvalue weighted by Crippen LogP contribution is -2.50. The molecule has 1 aliphatic heterocycles. The molecule has 124 valence electrons. The van der Waals surface area contributed by atoms with Gasteiger partial charge in [-0.25, -0.2) is 4.39 Å². The second kappa shape index (κ2) is 6.28. The van der Waals surface area contributed by atoms with Crippen molar-refractivity contribution in [3.63, 3.8) is 0 Å². The van der Waals surface area contributed by atoms with E-state index in [1.165, 1.54) is 4.90 Å². The number of hydrogen-bond donors (Lipinski definition) is 0. The zero-order valence-corrected chi connectivity index (χ0v) is 14.1. The van der Waals surface area contributed by atoms with E-state index in [4.69, 9.17) is 11.6 Å². The molecule has 3 amide bonds. The summed E-state index contributed by atoms with van der Waals surface area (Å²) in [5.41, 5.74) is 0.386. The highest BCUT2D eigenvalue weighted by Crippen LogP contribution is 2.30. The van der Waals surface area contributed by atoms with Gasteiger partial charge >= 0.3 is 11.8 Å². The maximum Gasteiger partial charge on any atom is 0.319 e. The predicted molar refractivity (Wildman–Crippen MR) is 83.4 cm³/mol. The largest absolute Gasteiger partial charge is 0.330 e. The van der Waals surface area contributed by atoms with Gasteiger partial charge in [-0.1, -0.05) is 11.6 Å². The summed E-state index contributed by atoms with van der Waals surface area (Å²) in [6.45, 7) is 7.04. The maximum atomic E-state index is 13.4. The molecule has 0 bridgehead atoms. The van der Waals surface area contributed by atoms with E-state index in [9.17, 15) is 18.8 Å². The molecule has 0 N–H and O–H groups in total. The van der Waals surface area contributed by atoms with Crippen molar-refractivity contribution in [1.82, 2.24) is 9.80 Å². The molecule has 1 aromatic rings. The highest BCUT2D eigenvalue weighted by Gasteiger charge is 2.39. The van der Waals surface area contributed by atoms with Crippen molar-refractivity contribution in [2.24, 2.45) is 0 Å². The van der Waals surface area contributed by atoms with E-state index in [0.717, 1.165) is 17.0 Å². The third-order valence-corrected chi connectivity index (χ3v) is 4.06. The molecule has 23 heavy (non-hydrogen) atoms. The number of carbonyl (C=O) groups excluding carboxylic acids is 3. The van der Waals surface area contributed by atoms with Crippen molar-refractivity contribution in [1.29, 1.82) is 0 Å². The summed E-state index contributed by atoms with van der Waals surface area (Å²) in [7, 11) is 0. The summed E-state index contributed by atoms with van der Waals surface area (Å²) >= 11 is 5.93. The first-order valence-electron chi connectivity index (χ1n) is 7.31. The first kappa shape index (κ1) is 17.4. The van der Waals surface area contributed by atoms with Crippen LogP contribution in [-0.4, -0.2) is 39.6 Å². The number of imide groups is 1. The summed E-state index contributed by atoms with van der Waals surface area (Å²) in [5, 5.41) is 0.0701.